The molecule has 2 aromatic rings. The highest BCUT2D eigenvalue weighted by atomic mass is 32.1. The molecule has 0 spiro atoms. The Hall–Kier alpha value is -1.80. The van der Waals surface area contributed by atoms with E-state index in [-0.39, 0.29) is 24.0 Å². The number of aromatic nitrogens is 3. The van der Waals surface area contributed by atoms with Crippen molar-refractivity contribution < 1.29 is 13.9 Å². The van der Waals surface area contributed by atoms with Gasteiger partial charge in [0.15, 0.2) is 0 Å². The minimum Gasteiger partial charge on any atom is -0.422 e. The number of thiazole rings is 1. The second-order valence-corrected chi connectivity index (χ2v) is 7.42. The van der Waals surface area contributed by atoms with Crippen LogP contribution in [0.1, 0.15) is 61.0 Å². The van der Waals surface area contributed by atoms with Gasteiger partial charge in [0.2, 0.25) is 11.8 Å². The van der Waals surface area contributed by atoms with Crippen LogP contribution in [0.4, 0.5) is 0 Å². The molecule has 4 rings (SSSR count). The van der Waals surface area contributed by atoms with Crippen molar-refractivity contribution in [2.45, 2.75) is 44.8 Å². The van der Waals surface area contributed by atoms with Gasteiger partial charge in [-0.3, -0.25) is 4.79 Å². The van der Waals surface area contributed by atoms with E-state index in [1.54, 1.807) is 10.9 Å². The Morgan fingerprint density at radius 2 is 2.29 bits per heavy atom. The number of ether oxygens (including phenoxy) is 1. The zero-order chi connectivity index (χ0) is 16.7. The van der Waals surface area contributed by atoms with E-state index >= 15 is 0 Å². The van der Waals surface area contributed by atoms with Gasteiger partial charge in [-0.2, -0.15) is 0 Å². The molecule has 0 saturated carbocycles. The number of nitrogens with zero attached hydrogens (tertiary/aromatic N) is 4. The van der Waals surface area contributed by atoms with Crippen molar-refractivity contribution >= 4 is 17.2 Å². The number of carbonyl (C=O) groups excluding carboxylic acids is 1. The quantitative estimate of drug-likeness (QED) is 0.848. The summed E-state index contributed by atoms with van der Waals surface area (Å²) in [5.41, 5.74) is 2.23. The fraction of sp³-hybridized carbons (Fsp3) is 0.625. The second kappa shape index (κ2) is 6.25. The summed E-state index contributed by atoms with van der Waals surface area (Å²) >= 11 is 1.44. The molecule has 4 heterocycles. The number of hydrogen-bond donors (Lipinski definition) is 0. The fourth-order valence-electron chi connectivity index (χ4n) is 3.39. The maximum Gasteiger partial charge on any atom is 0.273 e. The van der Waals surface area contributed by atoms with Crippen LogP contribution in [0.5, 0.6) is 0 Å². The SMILES string of the molecule is CC(C)c1nnc([C@H]2C[C@H]3CN(C(=O)c4cscn4)CC[C@H]3O2)o1. The highest BCUT2D eigenvalue weighted by molar-refractivity contribution is 7.07. The van der Waals surface area contributed by atoms with E-state index in [4.69, 9.17) is 9.15 Å². The summed E-state index contributed by atoms with van der Waals surface area (Å²) in [4.78, 5) is 18.5. The third-order valence-corrected chi connectivity index (χ3v) is 5.27. The number of rotatable bonds is 3. The number of amides is 1. The Morgan fingerprint density at radius 3 is 3.00 bits per heavy atom. The lowest BCUT2D eigenvalue weighted by Gasteiger charge is -2.33. The highest BCUT2D eigenvalue weighted by Crippen LogP contribution is 2.40. The van der Waals surface area contributed by atoms with Gasteiger partial charge in [-0.15, -0.1) is 21.5 Å². The smallest absolute Gasteiger partial charge is 0.273 e. The van der Waals surface area contributed by atoms with Gasteiger partial charge in [0.25, 0.3) is 5.91 Å². The lowest BCUT2D eigenvalue weighted by molar-refractivity contribution is -0.00655. The van der Waals surface area contributed by atoms with Gasteiger partial charge in [-0.1, -0.05) is 13.8 Å². The van der Waals surface area contributed by atoms with Gasteiger partial charge in [-0.25, -0.2) is 4.98 Å². The summed E-state index contributed by atoms with van der Waals surface area (Å²) in [5.74, 6) is 1.73. The van der Waals surface area contributed by atoms with Gasteiger partial charge < -0.3 is 14.1 Å². The van der Waals surface area contributed by atoms with Gasteiger partial charge in [0.1, 0.15) is 11.8 Å². The van der Waals surface area contributed by atoms with Crippen LogP contribution >= 0.6 is 11.3 Å². The lowest BCUT2D eigenvalue weighted by Crippen LogP contribution is -2.44. The first-order valence-corrected chi connectivity index (χ1v) is 9.22. The third kappa shape index (κ3) is 2.84. The van der Waals surface area contributed by atoms with Crippen LogP contribution in [-0.2, 0) is 4.74 Å². The molecule has 1 amide bonds. The molecule has 24 heavy (non-hydrogen) atoms. The van der Waals surface area contributed by atoms with Crippen molar-refractivity contribution in [3.05, 3.63) is 28.4 Å². The van der Waals surface area contributed by atoms with Crippen LogP contribution in [-0.4, -0.2) is 45.2 Å². The molecule has 2 saturated heterocycles. The predicted octanol–water partition coefficient (Wildman–Crippen LogP) is 2.64. The van der Waals surface area contributed by atoms with Crippen molar-refractivity contribution in [3.8, 4) is 0 Å². The van der Waals surface area contributed by atoms with Crippen LogP contribution in [0.3, 0.4) is 0 Å². The molecule has 2 aliphatic heterocycles. The Morgan fingerprint density at radius 1 is 1.42 bits per heavy atom. The minimum atomic E-state index is -0.158. The normalized spacial score (nSPS) is 26.8. The van der Waals surface area contributed by atoms with E-state index in [1.165, 1.54) is 11.3 Å². The van der Waals surface area contributed by atoms with E-state index in [9.17, 15) is 4.79 Å². The van der Waals surface area contributed by atoms with Crippen LogP contribution in [0.15, 0.2) is 15.3 Å². The van der Waals surface area contributed by atoms with Crippen molar-refractivity contribution in [1.82, 2.24) is 20.1 Å². The molecule has 7 nitrogen and oxygen atoms in total. The topological polar surface area (TPSA) is 81.4 Å². The molecule has 0 unspecified atom stereocenters. The zero-order valence-corrected chi connectivity index (χ0v) is 14.5. The number of piperidine rings is 1. The number of likely N-dealkylation sites (tertiary alicyclic amines) is 1. The van der Waals surface area contributed by atoms with E-state index in [2.05, 4.69) is 15.2 Å². The molecule has 0 aromatic carbocycles. The first-order chi connectivity index (χ1) is 11.6. The minimum absolute atomic E-state index is 0.0121. The number of fused-ring (bicyclic) bond motifs is 1. The van der Waals surface area contributed by atoms with E-state index < -0.39 is 0 Å². The molecule has 8 heteroatoms. The molecule has 0 N–H and O–H groups in total. The molecule has 2 aromatic heterocycles. The molecule has 128 valence electrons. The van der Waals surface area contributed by atoms with Crippen molar-refractivity contribution in [2.75, 3.05) is 13.1 Å². The van der Waals surface area contributed by atoms with Gasteiger partial charge in [0.05, 0.1) is 11.6 Å². The van der Waals surface area contributed by atoms with Crippen LogP contribution in [0.2, 0.25) is 0 Å². The largest absolute Gasteiger partial charge is 0.422 e. The van der Waals surface area contributed by atoms with Crippen LogP contribution in [0, 0.1) is 5.92 Å². The number of hydrogen-bond acceptors (Lipinski definition) is 7. The maximum absolute atomic E-state index is 12.5. The first kappa shape index (κ1) is 15.7. The van der Waals surface area contributed by atoms with E-state index in [1.807, 2.05) is 18.7 Å². The Bertz CT molecular complexity index is 715. The lowest BCUT2D eigenvalue weighted by atomic mass is 9.92. The maximum atomic E-state index is 12.5. The summed E-state index contributed by atoms with van der Waals surface area (Å²) in [7, 11) is 0. The van der Waals surface area contributed by atoms with Crippen molar-refractivity contribution in [1.29, 1.82) is 0 Å². The average molecular weight is 348 g/mol. The Kier molecular flexibility index (Phi) is 4.09. The molecule has 2 aliphatic rings. The molecular weight excluding hydrogens is 328 g/mol. The van der Waals surface area contributed by atoms with E-state index in [0.717, 1.165) is 12.8 Å². The zero-order valence-electron chi connectivity index (χ0n) is 13.7. The van der Waals surface area contributed by atoms with Crippen molar-refractivity contribution in [3.63, 3.8) is 0 Å². The summed E-state index contributed by atoms with van der Waals surface area (Å²) in [6, 6.07) is 0. The summed E-state index contributed by atoms with van der Waals surface area (Å²) in [6.07, 6.45) is 1.64. The molecule has 0 aliphatic carbocycles. The van der Waals surface area contributed by atoms with Gasteiger partial charge >= 0.3 is 0 Å². The molecular formula is C16H20N4O3S. The van der Waals surface area contributed by atoms with Crippen LogP contribution < -0.4 is 0 Å². The Labute approximate surface area is 144 Å². The first-order valence-electron chi connectivity index (χ1n) is 8.28. The highest BCUT2D eigenvalue weighted by Gasteiger charge is 2.42. The molecule has 0 radical (unpaired) electrons. The summed E-state index contributed by atoms with van der Waals surface area (Å²) < 4.78 is 11.8. The monoisotopic (exact) mass is 348 g/mol. The van der Waals surface area contributed by atoms with Crippen LogP contribution in [0.25, 0.3) is 0 Å². The molecule has 0 bridgehead atoms. The second-order valence-electron chi connectivity index (χ2n) is 6.71. The number of carbonyl (C=O) groups is 1. The predicted molar refractivity (Wildman–Crippen MR) is 86.7 cm³/mol. The van der Waals surface area contributed by atoms with Gasteiger partial charge in [-0.05, 0) is 12.8 Å². The molecule has 3 atom stereocenters. The average Bonchev–Trinajstić information content (AvgIpc) is 3.32. The molecule has 2 fully saturated rings. The summed E-state index contributed by atoms with van der Waals surface area (Å²) in [5, 5.41) is 10.0. The fourth-order valence-corrected chi connectivity index (χ4v) is 3.92. The van der Waals surface area contributed by atoms with Gasteiger partial charge in [0, 0.05) is 30.3 Å². The summed E-state index contributed by atoms with van der Waals surface area (Å²) in [6.45, 7) is 5.44. The Balaban J connectivity index is 1.43. The standard InChI is InChI=1S/C16H20N4O3S/c1-9(2)14-18-19-15(23-14)13-5-10-6-20(4-3-12(10)22-13)16(21)11-7-24-8-17-11/h7-10,12-13H,3-6H2,1-2H3/t10-,12+,13+/m0/s1. The third-order valence-electron chi connectivity index (χ3n) is 4.68. The van der Waals surface area contributed by atoms with Crippen molar-refractivity contribution in [2.24, 2.45) is 5.92 Å². The van der Waals surface area contributed by atoms with E-state index in [0.29, 0.717) is 36.5 Å².